The molecule has 150 valence electrons. The van der Waals surface area contributed by atoms with Crippen LogP contribution in [0.2, 0.25) is 5.02 Å². The number of aromatic nitrogens is 3. The Morgan fingerprint density at radius 3 is 2.77 bits per heavy atom. The Morgan fingerprint density at radius 1 is 1.26 bits per heavy atom. The molecule has 4 aromatic rings. The number of carbonyl (C=O) groups excluding carboxylic acids is 1. The van der Waals surface area contributed by atoms with Crippen molar-refractivity contribution in [1.29, 1.82) is 5.26 Å². The Bertz CT molecular complexity index is 1450. The summed E-state index contributed by atoms with van der Waals surface area (Å²) in [5.74, 6) is -0.680. The van der Waals surface area contributed by atoms with Crippen LogP contribution in [0.4, 0.5) is 10.2 Å². The van der Waals surface area contributed by atoms with Crippen LogP contribution in [0.5, 0.6) is 0 Å². The van der Waals surface area contributed by atoms with Gasteiger partial charge in [0.2, 0.25) is 5.95 Å². The molecule has 0 fully saturated rings. The van der Waals surface area contributed by atoms with Gasteiger partial charge >= 0.3 is 0 Å². The molecule has 0 aliphatic heterocycles. The number of fused-ring (bicyclic) bond motifs is 1. The van der Waals surface area contributed by atoms with Crippen molar-refractivity contribution in [3.8, 4) is 40.9 Å². The zero-order valence-electron chi connectivity index (χ0n) is 16.1. The molecule has 31 heavy (non-hydrogen) atoms. The van der Waals surface area contributed by atoms with Crippen LogP contribution in [0.1, 0.15) is 22.8 Å². The normalized spacial score (nSPS) is 10.5. The van der Waals surface area contributed by atoms with E-state index in [9.17, 15) is 14.4 Å². The predicted molar refractivity (Wildman–Crippen MR) is 117 cm³/mol. The van der Waals surface area contributed by atoms with Crippen LogP contribution in [0.25, 0.3) is 33.3 Å². The molecule has 4 rings (SSSR count). The van der Waals surface area contributed by atoms with Crippen molar-refractivity contribution >= 4 is 34.1 Å². The summed E-state index contributed by atoms with van der Waals surface area (Å²) in [6, 6.07) is 16.0. The number of benzene rings is 2. The SMILES string of the molecule is C#CNc1nc(-c2cccc(C#N)c2)c(-c2cc(Cl)c3n[nH]c(F)c3c2)cc1C(C)=O. The highest BCUT2D eigenvalue weighted by atomic mass is 35.5. The zero-order valence-corrected chi connectivity index (χ0v) is 16.9. The van der Waals surface area contributed by atoms with Crippen LogP contribution in [0, 0.1) is 29.7 Å². The molecule has 0 aliphatic rings. The highest BCUT2D eigenvalue weighted by molar-refractivity contribution is 6.35. The summed E-state index contributed by atoms with van der Waals surface area (Å²) in [6.45, 7) is 1.39. The summed E-state index contributed by atoms with van der Waals surface area (Å²) < 4.78 is 14.2. The van der Waals surface area contributed by atoms with Crippen LogP contribution in [0.15, 0.2) is 42.5 Å². The van der Waals surface area contributed by atoms with E-state index in [-0.39, 0.29) is 27.6 Å². The first-order valence-electron chi connectivity index (χ1n) is 9.04. The Labute approximate surface area is 181 Å². The number of nitrogens with one attached hydrogen (secondary N) is 2. The third-order valence-electron chi connectivity index (χ3n) is 4.73. The molecular formula is C23H13ClFN5O. The van der Waals surface area contributed by atoms with Gasteiger partial charge in [0, 0.05) is 17.2 Å². The zero-order chi connectivity index (χ0) is 22.1. The van der Waals surface area contributed by atoms with E-state index < -0.39 is 5.95 Å². The number of pyridine rings is 1. The molecule has 8 heteroatoms. The van der Waals surface area contributed by atoms with Crippen molar-refractivity contribution in [2.75, 3.05) is 5.32 Å². The average Bonchev–Trinajstić information content (AvgIpc) is 3.15. The molecule has 0 amide bonds. The summed E-state index contributed by atoms with van der Waals surface area (Å²) >= 11 is 6.34. The van der Waals surface area contributed by atoms with E-state index in [1.54, 1.807) is 42.5 Å². The van der Waals surface area contributed by atoms with Gasteiger partial charge in [0.1, 0.15) is 11.3 Å². The first-order valence-corrected chi connectivity index (χ1v) is 9.42. The monoisotopic (exact) mass is 429 g/mol. The first-order chi connectivity index (χ1) is 14.9. The number of halogens is 2. The fourth-order valence-electron chi connectivity index (χ4n) is 3.32. The number of hydrogen-bond acceptors (Lipinski definition) is 5. The third kappa shape index (κ3) is 3.59. The Morgan fingerprint density at radius 2 is 2.06 bits per heavy atom. The second-order valence-corrected chi connectivity index (χ2v) is 7.10. The van der Waals surface area contributed by atoms with Gasteiger partial charge in [-0.1, -0.05) is 30.2 Å². The lowest BCUT2D eigenvalue weighted by Gasteiger charge is -2.15. The summed E-state index contributed by atoms with van der Waals surface area (Å²) in [5.41, 5.74) is 3.09. The first kappa shape index (κ1) is 20.1. The lowest BCUT2D eigenvalue weighted by atomic mass is 9.95. The molecule has 0 spiro atoms. The van der Waals surface area contributed by atoms with Gasteiger partial charge in [-0.05, 0) is 42.8 Å². The molecule has 2 heterocycles. The number of anilines is 1. The quantitative estimate of drug-likeness (QED) is 0.265. The van der Waals surface area contributed by atoms with Crippen molar-refractivity contribution in [3.05, 3.63) is 64.6 Å². The maximum Gasteiger partial charge on any atom is 0.216 e. The van der Waals surface area contributed by atoms with E-state index in [4.69, 9.17) is 18.0 Å². The third-order valence-corrected chi connectivity index (χ3v) is 5.02. The second-order valence-electron chi connectivity index (χ2n) is 6.69. The fraction of sp³-hybridized carbons (Fsp3) is 0.0435. The van der Waals surface area contributed by atoms with E-state index in [2.05, 4.69) is 32.6 Å². The van der Waals surface area contributed by atoms with Crippen LogP contribution >= 0.6 is 11.6 Å². The molecule has 0 aliphatic carbocycles. The van der Waals surface area contributed by atoms with E-state index in [1.165, 1.54) is 6.92 Å². The van der Waals surface area contributed by atoms with E-state index in [0.717, 1.165) is 0 Å². The van der Waals surface area contributed by atoms with Gasteiger partial charge in [-0.15, -0.1) is 0 Å². The standard InChI is InChI=1S/C23H13ClFN5O/c1-3-27-23-16(12(2)31)10-17(20(28-23)14-6-4-5-13(7-14)11-26)15-8-18-21(19(24)9-15)29-30-22(18)25/h1,4-10H,2H3,(H,27,28)(H,29,30). The molecule has 0 unspecified atom stereocenters. The van der Waals surface area contributed by atoms with Crippen molar-refractivity contribution in [2.24, 2.45) is 0 Å². The summed E-state index contributed by atoms with van der Waals surface area (Å²) in [7, 11) is 0. The Balaban J connectivity index is 2.07. The second kappa shape index (κ2) is 7.91. The smallest absolute Gasteiger partial charge is 0.216 e. The highest BCUT2D eigenvalue weighted by Gasteiger charge is 2.20. The molecule has 0 saturated carbocycles. The number of terminal acetylenes is 1. The van der Waals surface area contributed by atoms with Gasteiger partial charge in [-0.3, -0.25) is 15.2 Å². The Hall–Kier alpha value is -4.20. The molecule has 0 radical (unpaired) electrons. The summed E-state index contributed by atoms with van der Waals surface area (Å²) in [6.07, 6.45) is 5.38. The Kier molecular flexibility index (Phi) is 5.12. The summed E-state index contributed by atoms with van der Waals surface area (Å²) in [5, 5.41) is 18.5. The number of H-pyrrole nitrogens is 1. The van der Waals surface area contributed by atoms with Gasteiger partial charge < -0.3 is 0 Å². The van der Waals surface area contributed by atoms with E-state index in [0.29, 0.717) is 33.5 Å². The van der Waals surface area contributed by atoms with Gasteiger partial charge in [-0.25, -0.2) is 4.98 Å². The number of nitriles is 1. The number of ketones is 1. The van der Waals surface area contributed by atoms with Crippen LogP contribution < -0.4 is 5.32 Å². The van der Waals surface area contributed by atoms with Crippen molar-refractivity contribution in [3.63, 3.8) is 0 Å². The molecule has 2 N–H and O–H groups in total. The van der Waals surface area contributed by atoms with Gasteiger partial charge in [0.05, 0.1) is 33.3 Å². The minimum Gasteiger partial charge on any atom is -0.299 e. The molecule has 0 saturated heterocycles. The predicted octanol–water partition coefficient (Wildman–Crippen LogP) is 5.16. The van der Waals surface area contributed by atoms with Gasteiger partial charge in [0.15, 0.2) is 5.78 Å². The topological polar surface area (TPSA) is 94.5 Å². The van der Waals surface area contributed by atoms with Gasteiger partial charge in [-0.2, -0.15) is 14.8 Å². The number of nitrogens with zero attached hydrogens (tertiary/aromatic N) is 3. The molecule has 0 atom stereocenters. The maximum absolute atomic E-state index is 14.2. The average molecular weight is 430 g/mol. The van der Waals surface area contributed by atoms with Crippen LogP contribution in [-0.4, -0.2) is 21.0 Å². The number of hydrogen-bond donors (Lipinski definition) is 2. The van der Waals surface area contributed by atoms with Crippen LogP contribution in [0.3, 0.4) is 0 Å². The minimum atomic E-state index is -0.628. The van der Waals surface area contributed by atoms with Crippen molar-refractivity contribution in [2.45, 2.75) is 6.92 Å². The molecule has 2 aromatic carbocycles. The molecule has 2 aromatic heterocycles. The summed E-state index contributed by atoms with van der Waals surface area (Å²) in [4.78, 5) is 16.9. The maximum atomic E-state index is 14.2. The number of aromatic amines is 1. The minimum absolute atomic E-state index is 0.203. The lowest BCUT2D eigenvalue weighted by Crippen LogP contribution is -2.05. The van der Waals surface area contributed by atoms with Crippen molar-refractivity contribution in [1.82, 2.24) is 15.2 Å². The van der Waals surface area contributed by atoms with Gasteiger partial charge in [0.25, 0.3) is 0 Å². The van der Waals surface area contributed by atoms with E-state index in [1.807, 2.05) is 0 Å². The lowest BCUT2D eigenvalue weighted by molar-refractivity contribution is 0.101. The molecule has 0 bridgehead atoms. The van der Waals surface area contributed by atoms with E-state index >= 15 is 0 Å². The fourth-order valence-corrected chi connectivity index (χ4v) is 3.58. The number of rotatable bonds is 4. The van der Waals surface area contributed by atoms with Crippen molar-refractivity contribution < 1.29 is 9.18 Å². The highest BCUT2D eigenvalue weighted by Crippen LogP contribution is 2.38. The van der Waals surface area contributed by atoms with Crippen LogP contribution in [-0.2, 0) is 0 Å². The molecule has 6 nitrogen and oxygen atoms in total. The number of Topliss-reactive ketones (excluding diaryl/α,β-unsaturated/α-hetero) is 1. The molecular weight excluding hydrogens is 417 g/mol. The largest absolute Gasteiger partial charge is 0.299 e. The number of carbonyl (C=O) groups is 1.